The Kier molecular flexibility index (Phi) is 5.97. The van der Waals surface area contributed by atoms with Gasteiger partial charge in [0.15, 0.2) is 0 Å². The third kappa shape index (κ3) is 5.49. The Hall–Kier alpha value is -1.77. The molecule has 0 bridgehead atoms. The molecule has 0 aliphatic carbocycles. The molecule has 13 heavy (non-hydrogen) atoms. The topological polar surface area (TPSA) is 38.3 Å². The predicted molar refractivity (Wildman–Crippen MR) is 53.2 cm³/mol. The van der Waals surface area contributed by atoms with Gasteiger partial charge in [0.25, 0.3) is 0 Å². The molecule has 0 unspecified atom stereocenters. The van der Waals surface area contributed by atoms with Crippen LogP contribution in [0.3, 0.4) is 0 Å². The average Bonchev–Trinajstić information content (AvgIpc) is 2.16. The number of hydrogen-bond donors (Lipinski definition) is 1. The third-order valence-corrected chi connectivity index (χ3v) is 1.12. The van der Waals surface area contributed by atoms with Gasteiger partial charge in [0, 0.05) is 7.05 Å². The van der Waals surface area contributed by atoms with Gasteiger partial charge in [-0.1, -0.05) is 31.4 Å². The van der Waals surface area contributed by atoms with Gasteiger partial charge in [0.05, 0.1) is 0 Å². The summed E-state index contributed by atoms with van der Waals surface area (Å²) in [6.45, 7) is 6.99. The number of hydrogen-bond acceptors (Lipinski definition) is 2. The van der Waals surface area contributed by atoms with Crippen LogP contribution in [0, 0.1) is 0 Å². The van der Waals surface area contributed by atoms with E-state index in [-0.39, 0.29) is 0 Å². The van der Waals surface area contributed by atoms with Crippen molar-refractivity contribution >= 4 is 6.09 Å². The van der Waals surface area contributed by atoms with Crippen LogP contribution in [0.25, 0.3) is 0 Å². The summed E-state index contributed by atoms with van der Waals surface area (Å²) in [7, 11) is 1.49. The van der Waals surface area contributed by atoms with Crippen molar-refractivity contribution in [2.75, 3.05) is 7.05 Å². The number of rotatable bonds is 4. The van der Waals surface area contributed by atoms with Gasteiger partial charge >= 0.3 is 6.09 Å². The zero-order valence-electron chi connectivity index (χ0n) is 7.62. The molecule has 0 aliphatic rings. The summed E-state index contributed by atoms with van der Waals surface area (Å²) in [5, 5.41) is 2.33. The summed E-state index contributed by atoms with van der Waals surface area (Å²) in [5.74, 6) is 0.387. The fourth-order valence-corrected chi connectivity index (χ4v) is 0.531. The summed E-state index contributed by atoms with van der Waals surface area (Å²) < 4.78 is 4.80. The number of ether oxygens (including phenoxy) is 1. The van der Waals surface area contributed by atoms with E-state index < -0.39 is 6.09 Å². The van der Waals surface area contributed by atoms with Gasteiger partial charge in [-0.25, -0.2) is 4.79 Å². The lowest BCUT2D eigenvalue weighted by atomic mass is 10.4. The van der Waals surface area contributed by atoms with Crippen molar-refractivity contribution in [2.45, 2.75) is 0 Å². The quantitative estimate of drug-likeness (QED) is 0.530. The standard InChI is InChI=1S/C10H13NO2/c1-4-6-7-8-9(5-2)13-10(12)11-3/h4-8H,1-2H2,3H3,(H,11,12)/b7-6-,9-8+. The minimum atomic E-state index is -0.516. The second kappa shape index (κ2) is 6.91. The third-order valence-electron chi connectivity index (χ3n) is 1.12. The van der Waals surface area contributed by atoms with E-state index in [1.807, 2.05) is 0 Å². The summed E-state index contributed by atoms with van der Waals surface area (Å²) in [5.41, 5.74) is 0. The van der Waals surface area contributed by atoms with Gasteiger partial charge < -0.3 is 10.1 Å². The summed E-state index contributed by atoms with van der Waals surface area (Å²) in [6, 6.07) is 0. The molecule has 0 radical (unpaired) electrons. The van der Waals surface area contributed by atoms with Crippen molar-refractivity contribution in [3.05, 3.63) is 49.3 Å². The molecule has 0 aromatic rings. The second-order valence-electron chi connectivity index (χ2n) is 2.03. The SMILES string of the molecule is C=C/C=C\C=C(/C=C)OC(=O)NC. The van der Waals surface area contributed by atoms with Gasteiger partial charge in [0.2, 0.25) is 0 Å². The molecule has 1 amide bonds. The van der Waals surface area contributed by atoms with Crippen LogP contribution in [-0.2, 0) is 4.74 Å². The smallest absolute Gasteiger partial charge is 0.410 e. The average molecular weight is 179 g/mol. The first-order valence-electron chi connectivity index (χ1n) is 3.76. The van der Waals surface area contributed by atoms with E-state index in [0.717, 1.165) is 0 Å². The van der Waals surface area contributed by atoms with E-state index >= 15 is 0 Å². The molecule has 0 fully saturated rings. The van der Waals surface area contributed by atoms with Gasteiger partial charge in [-0.3, -0.25) is 0 Å². The van der Waals surface area contributed by atoms with Gasteiger partial charge in [-0.2, -0.15) is 0 Å². The maximum atomic E-state index is 10.7. The molecule has 0 saturated carbocycles. The molecule has 3 heteroatoms. The second-order valence-corrected chi connectivity index (χ2v) is 2.03. The van der Waals surface area contributed by atoms with E-state index in [2.05, 4.69) is 18.5 Å². The van der Waals surface area contributed by atoms with E-state index in [1.54, 1.807) is 24.3 Å². The van der Waals surface area contributed by atoms with Crippen LogP contribution in [0.5, 0.6) is 0 Å². The number of allylic oxidation sites excluding steroid dienone is 5. The van der Waals surface area contributed by atoms with E-state index in [4.69, 9.17) is 4.74 Å². The summed E-state index contributed by atoms with van der Waals surface area (Å²) in [4.78, 5) is 10.7. The molecule has 0 aliphatic heterocycles. The summed E-state index contributed by atoms with van der Waals surface area (Å²) in [6.07, 6.45) is 7.59. The highest BCUT2D eigenvalue weighted by molar-refractivity contribution is 5.68. The number of alkyl carbamates (subject to hydrolysis) is 1. The maximum absolute atomic E-state index is 10.7. The van der Waals surface area contributed by atoms with Crippen LogP contribution < -0.4 is 5.32 Å². The Bertz CT molecular complexity index is 252. The van der Waals surface area contributed by atoms with Crippen molar-refractivity contribution in [1.82, 2.24) is 5.32 Å². The lowest BCUT2D eigenvalue weighted by Crippen LogP contribution is -2.18. The molecule has 0 aromatic heterocycles. The molecule has 0 aromatic carbocycles. The van der Waals surface area contributed by atoms with Crippen LogP contribution in [0.2, 0.25) is 0 Å². The number of amides is 1. The lowest BCUT2D eigenvalue weighted by molar-refractivity contribution is 0.181. The van der Waals surface area contributed by atoms with Crippen molar-refractivity contribution in [3.63, 3.8) is 0 Å². The van der Waals surface area contributed by atoms with Crippen molar-refractivity contribution in [3.8, 4) is 0 Å². The molecule has 0 spiro atoms. The van der Waals surface area contributed by atoms with Crippen LogP contribution in [-0.4, -0.2) is 13.1 Å². The molecular weight excluding hydrogens is 166 g/mol. The molecule has 3 nitrogen and oxygen atoms in total. The van der Waals surface area contributed by atoms with E-state index in [1.165, 1.54) is 13.1 Å². The highest BCUT2D eigenvalue weighted by Gasteiger charge is 1.98. The highest BCUT2D eigenvalue weighted by Crippen LogP contribution is 1.99. The first-order valence-corrected chi connectivity index (χ1v) is 3.76. The highest BCUT2D eigenvalue weighted by atomic mass is 16.6. The minimum absolute atomic E-state index is 0.387. The van der Waals surface area contributed by atoms with Gasteiger partial charge in [-0.15, -0.1) is 0 Å². The van der Waals surface area contributed by atoms with E-state index in [0.29, 0.717) is 5.76 Å². The lowest BCUT2D eigenvalue weighted by Gasteiger charge is -2.01. The zero-order valence-corrected chi connectivity index (χ0v) is 7.62. The normalized spacial score (nSPS) is 11.0. The molecule has 70 valence electrons. The van der Waals surface area contributed by atoms with E-state index in [9.17, 15) is 4.79 Å². The van der Waals surface area contributed by atoms with Crippen molar-refractivity contribution in [2.24, 2.45) is 0 Å². The zero-order chi connectivity index (χ0) is 10.1. The number of carbonyl (C=O) groups is 1. The Morgan fingerprint density at radius 3 is 2.54 bits per heavy atom. The predicted octanol–water partition coefficient (Wildman–Crippen LogP) is 2.15. The fraction of sp³-hybridized carbons (Fsp3) is 0.100. The van der Waals surface area contributed by atoms with Crippen molar-refractivity contribution < 1.29 is 9.53 Å². The van der Waals surface area contributed by atoms with Gasteiger partial charge in [0.1, 0.15) is 5.76 Å². The van der Waals surface area contributed by atoms with Crippen LogP contribution in [0.1, 0.15) is 0 Å². The first kappa shape index (κ1) is 11.2. The van der Waals surface area contributed by atoms with Crippen LogP contribution in [0.15, 0.2) is 49.3 Å². The Morgan fingerprint density at radius 1 is 1.38 bits per heavy atom. The molecule has 0 atom stereocenters. The minimum Gasteiger partial charge on any atom is -0.410 e. The molecule has 0 rings (SSSR count). The van der Waals surface area contributed by atoms with Crippen molar-refractivity contribution in [1.29, 1.82) is 0 Å². The Labute approximate surface area is 78.1 Å². The Morgan fingerprint density at radius 2 is 2.08 bits per heavy atom. The fourth-order valence-electron chi connectivity index (χ4n) is 0.531. The molecule has 0 heterocycles. The van der Waals surface area contributed by atoms with Crippen LogP contribution in [0.4, 0.5) is 4.79 Å². The summed E-state index contributed by atoms with van der Waals surface area (Å²) >= 11 is 0. The van der Waals surface area contributed by atoms with Crippen LogP contribution >= 0.6 is 0 Å². The van der Waals surface area contributed by atoms with Gasteiger partial charge in [-0.05, 0) is 12.2 Å². The molecule has 0 saturated heterocycles. The molecular formula is C10H13NO2. The molecule has 1 N–H and O–H groups in total. The monoisotopic (exact) mass is 179 g/mol. The Balaban J connectivity index is 4.24. The maximum Gasteiger partial charge on any atom is 0.412 e. The number of nitrogens with one attached hydrogen (secondary N) is 1. The first-order chi connectivity index (χ1) is 6.24. The largest absolute Gasteiger partial charge is 0.412 e. The number of carbonyl (C=O) groups excluding carboxylic acids is 1.